The lowest BCUT2D eigenvalue weighted by Gasteiger charge is -2.37. The molecule has 28 heavy (non-hydrogen) atoms. The van der Waals surface area contributed by atoms with Crippen LogP contribution < -0.4 is 5.73 Å². The van der Waals surface area contributed by atoms with E-state index in [0.29, 0.717) is 30.2 Å². The molecule has 0 saturated carbocycles. The molecule has 0 aromatic carbocycles. The number of aryl methyl sites for hydroxylation is 1. The van der Waals surface area contributed by atoms with Crippen LogP contribution >= 0.6 is 0 Å². The van der Waals surface area contributed by atoms with Crippen molar-refractivity contribution in [3.05, 3.63) is 42.2 Å². The molecule has 2 aliphatic heterocycles. The first-order valence-electron chi connectivity index (χ1n) is 9.82. The highest BCUT2D eigenvalue weighted by atomic mass is 16.4. The molecule has 3 aromatic heterocycles. The van der Waals surface area contributed by atoms with Gasteiger partial charge in [0.1, 0.15) is 5.69 Å². The second kappa shape index (κ2) is 6.67. The van der Waals surface area contributed by atoms with Gasteiger partial charge >= 0.3 is 0 Å². The predicted octanol–water partition coefficient (Wildman–Crippen LogP) is 2.62. The van der Waals surface area contributed by atoms with Crippen LogP contribution in [-0.2, 0) is 11.2 Å². The maximum atomic E-state index is 13.0. The minimum atomic E-state index is 0.147. The highest BCUT2D eigenvalue weighted by Crippen LogP contribution is 2.35. The fraction of sp³-hybridized carbons (Fsp3) is 0.429. The Morgan fingerprint density at radius 1 is 1.21 bits per heavy atom. The number of amides is 1. The van der Waals surface area contributed by atoms with Crippen LogP contribution in [0.3, 0.4) is 0 Å². The number of fused-ring (bicyclic) bond motifs is 3. The van der Waals surface area contributed by atoms with Gasteiger partial charge in [0.25, 0.3) is 0 Å². The fourth-order valence-electron chi connectivity index (χ4n) is 4.64. The third-order valence-corrected chi connectivity index (χ3v) is 5.89. The Hall–Kier alpha value is -2.80. The number of nitrogens with two attached hydrogens (primary N) is 1. The molecule has 7 nitrogen and oxygen atoms in total. The van der Waals surface area contributed by atoms with Crippen LogP contribution in [0.5, 0.6) is 0 Å². The number of pyridine rings is 2. The standard InChI is InChI=1S/C21H23N5O2/c1-12-23-11-20(28-12)18-5-2-13-10-24-15(8-19(13)25-18)9-21(27)26-16-3-4-17(26)7-14(22)6-16/h2,5,8,10-11,14,16-17H,3-4,6-7,9,22H2,1H3/t14?,16-,17+. The third-order valence-electron chi connectivity index (χ3n) is 5.89. The van der Waals surface area contributed by atoms with Gasteiger partial charge in [0.05, 0.1) is 23.8 Å². The van der Waals surface area contributed by atoms with E-state index in [0.717, 1.165) is 48.0 Å². The molecule has 3 atom stereocenters. The van der Waals surface area contributed by atoms with Crippen LogP contribution in [0.4, 0.5) is 0 Å². The molecule has 3 aromatic rings. The van der Waals surface area contributed by atoms with E-state index < -0.39 is 0 Å². The van der Waals surface area contributed by atoms with Crippen molar-refractivity contribution >= 4 is 16.8 Å². The Morgan fingerprint density at radius 2 is 2.00 bits per heavy atom. The highest BCUT2D eigenvalue weighted by molar-refractivity contribution is 5.83. The molecular weight excluding hydrogens is 354 g/mol. The molecule has 7 heteroatoms. The van der Waals surface area contributed by atoms with Gasteiger partial charge < -0.3 is 15.1 Å². The van der Waals surface area contributed by atoms with E-state index in [-0.39, 0.29) is 11.9 Å². The average molecular weight is 377 g/mol. The highest BCUT2D eigenvalue weighted by Gasteiger charge is 2.41. The molecule has 0 aliphatic carbocycles. The van der Waals surface area contributed by atoms with Gasteiger partial charge in [0.15, 0.2) is 11.7 Å². The molecule has 2 fully saturated rings. The summed E-state index contributed by atoms with van der Waals surface area (Å²) in [5.41, 5.74) is 8.39. The number of hydrogen-bond donors (Lipinski definition) is 1. The van der Waals surface area contributed by atoms with Crippen LogP contribution in [0, 0.1) is 6.92 Å². The smallest absolute Gasteiger partial charge is 0.229 e. The Labute approximate surface area is 163 Å². The largest absolute Gasteiger partial charge is 0.439 e. The van der Waals surface area contributed by atoms with Crippen molar-refractivity contribution in [2.45, 2.75) is 57.2 Å². The normalized spacial score (nSPS) is 24.1. The second-order valence-corrected chi connectivity index (χ2v) is 7.90. The van der Waals surface area contributed by atoms with Crippen molar-refractivity contribution in [1.29, 1.82) is 0 Å². The van der Waals surface area contributed by atoms with Crippen LogP contribution in [0.2, 0.25) is 0 Å². The fourth-order valence-corrected chi connectivity index (χ4v) is 4.64. The summed E-state index contributed by atoms with van der Waals surface area (Å²) in [5.74, 6) is 1.39. The number of hydrogen-bond acceptors (Lipinski definition) is 6. The van der Waals surface area contributed by atoms with E-state index >= 15 is 0 Å². The zero-order chi connectivity index (χ0) is 19.3. The minimum absolute atomic E-state index is 0.147. The maximum absolute atomic E-state index is 13.0. The number of oxazole rings is 1. The van der Waals surface area contributed by atoms with Gasteiger partial charge in [-0.05, 0) is 43.9 Å². The lowest BCUT2D eigenvalue weighted by Crippen LogP contribution is -2.50. The van der Waals surface area contributed by atoms with Crippen molar-refractivity contribution < 1.29 is 9.21 Å². The summed E-state index contributed by atoms with van der Waals surface area (Å²) in [7, 11) is 0. The molecule has 1 unspecified atom stereocenters. The van der Waals surface area contributed by atoms with Gasteiger partial charge in [-0.25, -0.2) is 9.97 Å². The van der Waals surface area contributed by atoms with E-state index in [1.54, 1.807) is 19.3 Å². The predicted molar refractivity (Wildman–Crippen MR) is 104 cm³/mol. The summed E-state index contributed by atoms with van der Waals surface area (Å²) in [5, 5.41) is 0.931. The van der Waals surface area contributed by atoms with E-state index in [1.165, 1.54) is 0 Å². The van der Waals surface area contributed by atoms with Crippen molar-refractivity contribution in [3.63, 3.8) is 0 Å². The zero-order valence-electron chi connectivity index (χ0n) is 15.8. The van der Waals surface area contributed by atoms with Gasteiger partial charge in [0, 0.05) is 36.6 Å². The lowest BCUT2D eigenvalue weighted by atomic mass is 9.97. The number of carbonyl (C=O) groups is 1. The summed E-state index contributed by atoms with van der Waals surface area (Å²) in [6, 6.07) is 6.56. The molecule has 144 valence electrons. The SMILES string of the molecule is Cc1ncc(-c2ccc3cnc(CC(=O)N4[C@@H]5CC[C@H]4CC(N)C5)cc3n2)o1. The van der Waals surface area contributed by atoms with Crippen molar-refractivity contribution in [2.24, 2.45) is 5.73 Å². The Balaban J connectivity index is 1.39. The number of piperidine rings is 1. The number of nitrogens with zero attached hydrogens (tertiary/aromatic N) is 4. The van der Waals surface area contributed by atoms with E-state index in [1.807, 2.05) is 18.2 Å². The van der Waals surface area contributed by atoms with Crippen LogP contribution in [0.1, 0.15) is 37.3 Å². The number of aromatic nitrogens is 3. The summed E-state index contributed by atoms with van der Waals surface area (Å²) in [6.07, 6.45) is 7.70. The van der Waals surface area contributed by atoms with Crippen molar-refractivity contribution in [2.75, 3.05) is 0 Å². The molecular formula is C21H23N5O2. The van der Waals surface area contributed by atoms with Gasteiger partial charge in [-0.15, -0.1) is 0 Å². The van der Waals surface area contributed by atoms with Crippen LogP contribution in [-0.4, -0.2) is 43.9 Å². The maximum Gasteiger partial charge on any atom is 0.229 e. The van der Waals surface area contributed by atoms with E-state index in [2.05, 4.69) is 19.9 Å². The first-order chi connectivity index (χ1) is 13.6. The van der Waals surface area contributed by atoms with Crippen molar-refractivity contribution in [1.82, 2.24) is 19.9 Å². The van der Waals surface area contributed by atoms with Gasteiger partial charge in [-0.1, -0.05) is 0 Å². The summed E-state index contributed by atoms with van der Waals surface area (Å²) in [4.78, 5) is 28.3. The molecule has 2 N–H and O–H groups in total. The average Bonchev–Trinajstić information content (AvgIpc) is 3.22. The third kappa shape index (κ3) is 3.05. The molecule has 5 rings (SSSR count). The Kier molecular flexibility index (Phi) is 4.12. The zero-order valence-corrected chi connectivity index (χ0v) is 15.8. The molecule has 5 heterocycles. The summed E-state index contributed by atoms with van der Waals surface area (Å²) in [6.45, 7) is 1.80. The topological polar surface area (TPSA) is 98.1 Å². The lowest BCUT2D eigenvalue weighted by molar-refractivity contribution is -0.135. The van der Waals surface area contributed by atoms with Crippen LogP contribution in [0.25, 0.3) is 22.4 Å². The minimum Gasteiger partial charge on any atom is -0.439 e. The number of carbonyl (C=O) groups excluding carboxylic acids is 1. The first kappa shape index (κ1) is 17.3. The first-order valence-corrected chi connectivity index (χ1v) is 9.82. The summed E-state index contributed by atoms with van der Waals surface area (Å²) < 4.78 is 5.57. The molecule has 2 saturated heterocycles. The quantitative estimate of drug-likeness (QED) is 0.753. The molecule has 2 bridgehead atoms. The van der Waals surface area contributed by atoms with Gasteiger partial charge in [-0.2, -0.15) is 0 Å². The number of rotatable bonds is 3. The molecule has 0 spiro atoms. The van der Waals surface area contributed by atoms with E-state index in [4.69, 9.17) is 10.2 Å². The Bertz CT molecular complexity index is 1030. The van der Waals surface area contributed by atoms with E-state index in [9.17, 15) is 4.79 Å². The monoisotopic (exact) mass is 377 g/mol. The van der Waals surface area contributed by atoms with Gasteiger partial charge in [0.2, 0.25) is 5.91 Å². The molecule has 2 aliphatic rings. The summed E-state index contributed by atoms with van der Waals surface area (Å²) >= 11 is 0. The molecule has 0 radical (unpaired) electrons. The Morgan fingerprint density at radius 3 is 2.71 bits per heavy atom. The second-order valence-electron chi connectivity index (χ2n) is 7.90. The van der Waals surface area contributed by atoms with Gasteiger partial charge in [-0.3, -0.25) is 9.78 Å². The molecule has 1 amide bonds. The van der Waals surface area contributed by atoms with Crippen molar-refractivity contribution in [3.8, 4) is 11.5 Å². The van der Waals surface area contributed by atoms with Crippen LogP contribution in [0.15, 0.2) is 35.0 Å².